The van der Waals surface area contributed by atoms with Gasteiger partial charge in [0.05, 0.1) is 17.8 Å². The Balaban J connectivity index is 1.26. The summed E-state index contributed by atoms with van der Waals surface area (Å²) in [4.78, 5) is 21.8. The first-order valence-corrected chi connectivity index (χ1v) is 13.6. The fraction of sp³-hybridized carbons (Fsp3) is 0.290. The third kappa shape index (κ3) is 4.33. The van der Waals surface area contributed by atoms with Gasteiger partial charge in [0, 0.05) is 49.5 Å². The molecule has 190 valence electrons. The van der Waals surface area contributed by atoms with Crippen molar-refractivity contribution >= 4 is 33.3 Å². The van der Waals surface area contributed by atoms with Crippen molar-refractivity contribution in [2.24, 2.45) is 0 Å². The molecule has 5 aromatic rings. The molecule has 0 unspecified atom stereocenters. The van der Waals surface area contributed by atoms with Gasteiger partial charge < -0.3 is 15.5 Å². The van der Waals surface area contributed by atoms with Crippen LogP contribution in [0.15, 0.2) is 73.2 Å². The number of hydrogen-bond acceptors (Lipinski definition) is 7. The second kappa shape index (κ2) is 9.65. The third-order valence-corrected chi connectivity index (χ3v) is 7.72. The number of hydrogen-bond donors (Lipinski definition) is 2. The van der Waals surface area contributed by atoms with Crippen LogP contribution in [-0.2, 0) is 0 Å². The summed E-state index contributed by atoms with van der Waals surface area (Å²) in [5.41, 5.74) is 4.41. The van der Waals surface area contributed by atoms with Crippen molar-refractivity contribution in [1.29, 1.82) is 0 Å². The van der Waals surface area contributed by atoms with Gasteiger partial charge in [-0.05, 0) is 59.7 Å². The molecule has 0 spiro atoms. The van der Waals surface area contributed by atoms with E-state index in [0.29, 0.717) is 11.7 Å². The van der Waals surface area contributed by atoms with Gasteiger partial charge in [0.25, 0.3) is 0 Å². The summed E-state index contributed by atoms with van der Waals surface area (Å²) in [6.45, 7) is 5.96. The largest absolute Gasteiger partial charge is 0.364 e. The lowest BCUT2D eigenvalue weighted by Gasteiger charge is -2.30. The van der Waals surface area contributed by atoms with E-state index in [-0.39, 0.29) is 6.04 Å². The highest BCUT2D eigenvalue weighted by Crippen LogP contribution is 2.45. The first-order chi connectivity index (χ1) is 18.7. The Morgan fingerprint density at radius 2 is 1.82 bits per heavy atom. The predicted octanol–water partition coefficient (Wildman–Crippen LogP) is 5.70. The van der Waals surface area contributed by atoms with Crippen LogP contribution in [0.3, 0.4) is 0 Å². The highest BCUT2D eigenvalue weighted by molar-refractivity contribution is 5.94. The van der Waals surface area contributed by atoms with Crippen molar-refractivity contribution in [3.63, 3.8) is 0 Å². The maximum absolute atomic E-state index is 5.19. The van der Waals surface area contributed by atoms with Crippen LogP contribution < -0.4 is 15.5 Å². The van der Waals surface area contributed by atoms with Gasteiger partial charge in [-0.25, -0.2) is 15.0 Å². The second-order valence-corrected chi connectivity index (χ2v) is 10.4. The number of fused-ring (bicyclic) bond motifs is 2. The van der Waals surface area contributed by atoms with Gasteiger partial charge in [-0.15, -0.1) is 0 Å². The molecule has 0 amide bonds. The zero-order valence-corrected chi connectivity index (χ0v) is 21.6. The van der Waals surface area contributed by atoms with Gasteiger partial charge in [0.1, 0.15) is 11.6 Å². The Morgan fingerprint density at radius 1 is 0.974 bits per heavy atom. The van der Waals surface area contributed by atoms with Crippen LogP contribution in [0, 0.1) is 0 Å². The number of nitrogens with zero attached hydrogens (tertiary/aromatic N) is 5. The maximum atomic E-state index is 5.19. The van der Waals surface area contributed by atoms with Crippen molar-refractivity contribution in [2.45, 2.75) is 31.7 Å². The average Bonchev–Trinajstić information content (AvgIpc) is 3.82. The van der Waals surface area contributed by atoms with Crippen molar-refractivity contribution in [2.75, 3.05) is 36.4 Å². The van der Waals surface area contributed by atoms with Gasteiger partial charge in [-0.3, -0.25) is 4.98 Å². The summed E-state index contributed by atoms with van der Waals surface area (Å²) in [6.07, 6.45) is 8.19. The van der Waals surface area contributed by atoms with E-state index in [0.717, 1.165) is 48.9 Å². The minimum absolute atomic E-state index is 0.0862. The summed E-state index contributed by atoms with van der Waals surface area (Å²) in [7, 11) is 0. The molecule has 1 saturated carbocycles. The highest BCUT2D eigenvalue weighted by atomic mass is 15.2. The van der Waals surface area contributed by atoms with Crippen LogP contribution in [0.2, 0.25) is 0 Å². The molecule has 7 nitrogen and oxygen atoms in total. The lowest BCUT2D eigenvalue weighted by atomic mass is 10.00. The van der Waals surface area contributed by atoms with Crippen LogP contribution >= 0.6 is 0 Å². The molecule has 0 radical (unpaired) electrons. The number of rotatable bonds is 6. The third-order valence-electron chi connectivity index (χ3n) is 7.72. The topological polar surface area (TPSA) is 78.9 Å². The van der Waals surface area contributed by atoms with Crippen LogP contribution in [0.25, 0.3) is 33.1 Å². The lowest BCUT2D eigenvalue weighted by Crippen LogP contribution is -2.44. The number of benzene rings is 2. The molecule has 1 aliphatic heterocycles. The summed E-state index contributed by atoms with van der Waals surface area (Å²) in [6, 6.07) is 19.1. The Morgan fingerprint density at radius 3 is 2.68 bits per heavy atom. The van der Waals surface area contributed by atoms with E-state index in [1.165, 1.54) is 40.1 Å². The van der Waals surface area contributed by atoms with Gasteiger partial charge in [0.15, 0.2) is 5.82 Å². The smallest absolute Gasteiger partial charge is 0.162 e. The Bertz CT molecular complexity index is 1620. The van der Waals surface area contributed by atoms with E-state index in [2.05, 4.69) is 81.0 Å². The molecular formula is C31H31N7. The maximum Gasteiger partial charge on any atom is 0.162 e. The molecular weight excluding hydrogens is 470 g/mol. The molecule has 1 atom stereocenters. The van der Waals surface area contributed by atoms with Crippen molar-refractivity contribution in [3.8, 4) is 11.4 Å². The number of piperazine rings is 1. The molecule has 1 aliphatic carbocycles. The first kappa shape index (κ1) is 23.0. The summed E-state index contributed by atoms with van der Waals surface area (Å²) >= 11 is 0. The zero-order chi connectivity index (χ0) is 25.5. The van der Waals surface area contributed by atoms with Crippen molar-refractivity contribution < 1.29 is 0 Å². The molecule has 2 aliphatic rings. The number of pyridine rings is 2. The van der Waals surface area contributed by atoms with E-state index in [1.54, 1.807) is 0 Å². The standard InChI is InChI=1S/C31H31N7/c1-20(24-8-4-6-21-5-2-3-7-25(21)24)35-28-17-23(11-12-34-28)30-36-27-19-33-18-26(22-9-10-22)29(27)31(37-30)38-15-13-32-14-16-38/h2-8,11-12,17-20,22,32H,9-10,13-16H2,1H3,(H,34,35)/t20-/m1/s1. The fourth-order valence-corrected chi connectivity index (χ4v) is 5.60. The number of aromatic nitrogens is 4. The normalized spacial score (nSPS) is 16.6. The number of nitrogens with one attached hydrogen (secondary N) is 2. The summed E-state index contributed by atoms with van der Waals surface area (Å²) < 4.78 is 0. The fourth-order valence-electron chi connectivity index (χ4n) is 5.60. The molecule has 4 heterocycles. The molecule has 1 saturated heterocycles. The highest BCUT2D eigenvalue weighted by Gasteiger charge is 2.29. The summed E-state index contributed by atoms with van der Waals surface area (Å²) in [5, 5.41) is 10.7. The average molecular weight is 502 g/mol. The molecule has 2 fully saturated rings. The zero-order valence-electron chi connectivity index (χ0n) is 21.6. The molecule has 0 bridgehead atoms. The molecule has 2 aromatic carbocycles. The van der Waals surface area contributed by atoms with E-state index < -0.39 is 0 Å². The Labute approximate surface area is 222 Å². The molecule has 38 heavy (non-hydrogen) atoms. The van der Waals surface area contributed by atoms with Gasteiger partial charge in [-0.1, -0.05) is 42.5 Å². The number of anilines is 2. The van der Waals surface area contributed by atoms with Crippen LogP contribution in [0.5, 0.6) is 0 Å². The first-order valence-electron chi connectivity index (χ1n) is 13.6. The van der Waals surface area contributed by atoms with Crippen LogP contribution in [0.4, 0.5) is 11.6 Å². The van der Waals surface area contributed by atoms with Gasteiger partial charge in [-0.2, -0.15) is 0 Å². The Hall–Kier alpha value is -4.10. The second-order valence-electron chi connectivity index (χ2n) is 10.4. The minimum atomic E-state index is 0.0862. The van der Waals surface area contributed by atoms with Gasteiger partial charge >= 0.3 is 0 Å². The lowest BCUT2D eigenvalue weighted by molar-refractivity contribution is 0.586. The monoisotopic (exact) mass is 501 g/mol. The van der Waals surface area contributed by atoms with Crippen molar-refractivity contribution in [3.05, 3.63) is 84.3 Å². The molecule has 7 heteroatoms. The van der Waals surface area contributed by atoms with E-state index in [4.69, 9.17) is 9.97 Å². The quantitative estimate of drug-likeness (QED) is 0.309. The molecule has 3 aromatic heterocycles. The minimum Gasteiger partial charge on any atom is -0.364 e. The summed E-state index contributed by atoms with van der Waals surface area (Å²) in [5.74, 6) is 3.13. The predicted molar refractivity (Wildman–Crippen MR) is 154 cm³/mol. The SMILES string of the molecule is C[C@@H](Nc1cc(-c2nc(N3CCNCC3)c3c(C4CC4)cncc3n2)ccn1)c1cccc2ccccc12. The van der Waals surface area contributed by atoms with E-state index >= 15 is 0 Å². The van der Waals surface area contributed by atoms with Crippen molar-refractivity contribution in [1.82, 2.24) is 25.3 Å². The van der Waals surface area contributed by atoms with Crippen LogP contribution in [0.1, 0.15) is 42.9 Å². The van der Waals surface area contributed by atoms with Crippen LogP contribution in [-0.4, -0.2) is 46.1 Å². The van der Waals surface area contributed by atoms with E-state index in [9.17, 15) is 0 Å². The van der Waals surface area contributed by atoms with E-state index in [1.807, 2.05) is 24.7 Å². The van der Waals surface area contributed by atoms with Gasteiger partial charge in [0.2, 0.25) is 0 Å². The Kier molecular flexibility index (Phi) is 5.85. The molecule has 7 rings (SSSR count). The molecule has 2 N–H and O–H groups in total.